The number of carbonyl (C=O) groups is 1. The van der Waals surface area contributed by atoms with Gasteiger partial charge >= 0.3 is 0 Å². The second kappa shape index (κ2) is 4.99. The molecule has 0 heterocycles. The number of anilines is 1. The minimum absolute atomic E-state index is 0.0273. The van der Waals surface area contributed by atoms with Crippen LogP contribution in [0.5, 0.6) is 0 Å². The van der Waals surface area contributed by atoms with Gasteiger partial charge in [0.1, 0.15) is 10.4 Å². The topological polar surface area (TPSA) is 115 Å². The first-order valence-corrected chi connectivity index (χ1v) is 7.23. The molecule has 0 unspecified atom stereocenters. The Morgan fingerprint density at radius 1 is 1.37 bits per heavy atom. The van der Waals surface area contributed by atoms with E-state index in [1.807, 2.05) is 0 Å². The summed E-state index contributed by atoms with van der Waals surface area (Å²) in [5.41, 5.74) is 10.3. The summed E-state index contributed by atoms with van der Waals surface area (Å²) in [6.07, 6.45) is 0. The van der Waals surface area contributed by atoms with Gasteiger partial charge in [-0.1, -0.05) is 11.6 Å². The van der Waals surface area contributed by atoms with Gasteiger partial charge in [0.25, 0.3) is 0 Å². The third-order valence-corrected chi connectivity index (χ3v) is 4.74. The molecule has 1 aromatic rings. The Hall–Kier alpha value is -1.31. The fraction of sp³-hybridized carbons (Fsp3) is 0.364. The number of nitrogens with two attached hydrogens (primary N) is 2. The summed E-state index contributed by atoms with van der Waals surface area (Å²) in [6, 6.07) is 2.69. The van der Waals surface area contributed by atoms with E-state index in [1.54, 1.807) is 6.92 Å². The van der Waals surface area contributed by atoms with Crippen LogP contribution in [0.2, 0.25) is 5.02 Å². The molecular formula is C11H16ClN3O3S. The summed E-state index contributed by atoms with van der Waals surface area (Å²) in [6.45, 7) is 4.43. The molecule has 19 heavy (non-hydrogen) atoms. The Morgan fingerprint density at radius 3 is 2.37 bits per heavy atom. The smallest absolute Gasteiger partial charge is 0.243 e. The van der Waals surface area contributed by atoms with Crippen molar-refractivity contribution in [1.82, 2.24) is 4.72 Å². The van der Waals surface area contributed by atoms with E-state index < -0.39 is 21.5 Å². The molecule has 106 valence electrons. The second-order valence-electron chi connectivity index (χ2n) is 4.73. The van der Waals surface area contributed by atoms with Crippen molar-refractivity contribution in [2.24, 2.45) is 5.73 Å². The Bertz CT molecular complexity index is 626. The van der Waals surface area contributed by atoms with Crippen LogP contribution in [0.1, 0.15) is 19.4 Å². The largest absolute Gasteiger partial charge is 0.398 e. The van der Waals surface area contributed by atoms with Crippen molar-refractivity contribution in [2.75, 3.05) is 5.73 Å². The normalized spacial score (nSPS) is 12.4. The van der Waals surface area contributed by atoms with Crippen LogP contribution in [0.4, 0.5) is 5.69 Å². The fourth-order valence-corrected chi connectivity index (χ4v) is 3.32. The average molecular weight is 306 g/mol. The summed E-state index contributed by atoms with van der Waals surface area (Å²) in [5.74, 6) is -0.799. The molecule has 0 aliphatic rings. The number of nitrogens with one attached hydrogen (secondary N) is 1. The van der Waals surface area contributed by atoms with E-state index >= 15 is 0 Å². The van der Waals surface area contributed by atoms with E-state index in [4.69, 9.17) is 23.1 Å². The van der Waals surface area contributed by atoms with Crippen LogP contribution in [0.25, 0.3) is 0 Å². The average Bonchev–Trinajstić information content (AvgIpc) is 2.21. The maximum Gasteiger partial charge on any atom is 0.243 e. The summed E-state index contributed by atoms with van der Waals surface area (Å²) in [7, 11) is -4.00. The summed E-state index contributed by atoms with van der Waals surface area (Å²) in [4.78, 5) is 11.0. The summed E-state index contributed by atoms with van der Waals surface area (Å²) < 4.78 is 26.5. The number of hydrogen-bond donors (Lipinski definition) is 3. The highest BCUT2D eigenvalue weighted by Gasteiger charge is 2.32. The van der Waals surface area contributed by atoms with E-state index in [0.29, 0.717) is 11.3 Å². The van der Waals surface area contributed by atoms with Gasteiger partial charge in [0.15, 0.2) is 0 Å². The van der Waals surface area contributed by atoms with E-state index in [2.05, 4.69) is 4.72 Å². The molecule has 0 bridgehead atoms. The predicted octanol–water partition coefficient (Wildman–Crippen LogP) is 0.773. The van der Waals surface area contributed by atoms with Crippen molar-refractivity contribution in [3.05, 3.63) is 22.7 Å². The van der Waals surface area contributed by atoms with Crippen molar-refractivity contribution in [3.8, 4) is 0 Å². The SMILES string of the molecule is Cc1cc(Cl)c(S(=O)(=O)NC(C)(C)C(N)=O)cc1N. The Morgan fingerprint density at radius 2 is 1.89 bits per heavy atom. The molecule has 0 aromatic heterocycles. The molecule has 8 heteroatoms. The Labute approximate surface area is 117 Å². The molecule has 1 amide bonds. The fourth-order valence-electron chi connectivity index (χ4n) is 1.32. The van der Waals surface area contributed by atoms with E-state index in [9.17, 15) is 13.2 Å². The molecule has 0 atom stereocenters. The number of halogens is 1. The second-order valence-corrected chi connectivity index (χ2v) is 6.79. The molecule has 0 aliphatic carbocycles. The van der Waals surface area contributed by atoms with Crippen LogP contribution in [0.3, 0.4) is 0 Å². The van der Waals surface area contributed by atoms with Gasteiger partial charge in [0.2, 0.25) is 15.9 Å². The summed E-state index contributed by atoms with van der Waals surface area (Å²) >= 11 is 5.90. The minimum atomic E-state index is -4.00. The van der Waals surface area contributed by atoms with Crippen LogP contribution in [0, 0.1) is 6.92 Å². The lowest BCUT2D eigenvalue weighted by Crippen LogP contribution is -2.52. The van der Waals surface area contributed by atoms with Crippen LogP contribution < -0.4 is 16.2 Å². The highest BCUT2D eigenvalue weighted by Crippen LogP contribution is 2.27. The van der Waals surface area contributed by atoms with Gasteiger partial charge < -0.3 is 11.5 Å². The molecule has 0 aliphatic heterocycles. The third kappa shape index (κ3) is 3.37. The number of carbonyl (C=O) groups excluding carboxylic acids is 1. The van der Waals surface area contributed by atoms with Crippen LogP contribution in [-0.2, 0) is 14.8 Å². The highest BCUT2D eigenvalue weighted by atomic mass is 35.5. The number of rotatable bonds is 4. The first-order chi connectivity index (χ1) is 8.47. The van der Waals surface area contributed by atoms with E-state index in [0.717, 1.165) is 0 Å². The van der Waals surface area contributed by atoms with Gasteiger partial charge in [0.05, 0.1) is 5.02 Å². The maximum absolute atomic E-state index is 12.2. The maximum atomic E-state index is 12.2. The number of sulfonamides is 1. The minimum Gasteiger partial charge on any atom is -0.398 e. The zero-order valence-electron chi connectivity index (χ0n) is 10.8. The molecular weight excluding hydrogens is 290 g/mol. The van der Waals surface area contributed by atoms with Gasteiger partial charge in [0, 0.05) is 5.69 Å². The van der Waals surface area contributed by atoms with Crippen LogP contribution in [-0.4, -0.2) is 19.9 Å². The molecule has 0 saturated heterocycles. The van der Waals surface area contributed by atoms with Gasteiger partial charge in [-0.15, -0.1) is 0 Å². The van der Waals surface area contributed by atoms with Crippen molar-refractivity contribution in [2.45, 2.75) is 31.2 Å². The zero-order chi connectivity index (χ0) is 15.0. The number of aryl methyl sites for hydroxylation is 1. The highest BCUT2D eigenvalue weighted by molar-refractivity contribution is 7.89. The number of hydrogen-bond acceptors (Lipinski definition) is 4. The van der Waals surface area contributed by atoms with E-state index in [-0.39, 0.29) is 9.92 Å². The first-order valence-electron chi connectivity index (χ1n) is 5.37. The molecule has 0 radical (unpaired) electrons. The van der Waals surface area contributed by atoms with Crippen molar-refractivity contribution < 1.29 is 13.2 Å². The zero-order valence-corrected chi connectivity index (χ0v) is 12.4. The quantitative estimate of drug-likeness (QED) is 0.713. The van der Waals surface area contributed by atoms with E-state index in [1.165, 1.54) is 26.0 Å². The lowest BCUT2D eigenvalue weighted by molar-refractivity contribution is -0.122. The van der Waals surface area contributed by atoms with Crippen molar-refractivity contribution in [1.29, 1.82) is 0 Å². The van der Waals surface area contributed by atoms with Crippen molar-refractivity contribution in [3.63, 3.8) is 0 Å². The molecule has 0 spiro atoms. The van der Waals surface area contributed by atoms with Crippen molar-refractivity contribution >= 4 is 33.2 Å². The number of benzene rings is 1. The molecule has 5 N–H and O–H groups in total. The van der Waals surface area contributed by atoms with Crippen LogP contribution in [0.15, 0.2) is 17.0 Å². The monoisotopic (exact) mass is 305 g/mol. The molecule has 1 aromatic carbocycles. The molecule has 1 rings (SSSR count). The van der Waals surface area contributed by atoms with Crippen LogP contribution >= 0.6 is 11.6 Å². The van der Waals surface area contributed by atoms with Gasteiger partial charge in [-0.3, -0.25) is 4.79 Å². The Kier molecular flexibility index (Phi) is 4.14. The van der Waals surface area contributed by atoms with Gasteiger partial charge in [-0.05, 0) is 38.5 Å². The molecule has 0 saturated carbocycles. The van der Waals surface area contributed by atoms with Gasteiger partial charge in [-0.25, -0.2) is 8.42 Å². The number of nitrogen functional groups attached to an aromatic ring is 1. The lowest BCUT2D eigenvalue weighted by atomic mass is 10.1. The number of primary amides is 1. The Balaban J connectivity index is 3.30. The molecule has 0 fully saturated rings. The predicted molar refractivity (Wildman–Crippen MR) is 74.2 cm³/mol. The summed E-state index contributed by atoms with van der Waals surface area (Å²) in [5, 5.41) is 0.0273. The first kappa shape index (κ1) is 15.7. The van der Waals surface area contributed by atoms with Gasteiger partial charge in [-0.2, -0.15) is 4.72 Å². The lowest BCUT2D eigenvalue weighted by Gasteiger charge is -2.22. The molecule has 6 nitrogen and oxygen atoms in total. The third-order valence-electron chi connectivity index (χ3n) is 2.62. The number of amides is 1. The standard InChI is InChI=1S/C11H16ClN3O3S/c1-6-4-7(12)9(5-8(6)13)19(17,18)15-11(2,3)10(14)16/h4-5,15H,13H2,1-3H3,(H2,14,16).